The van der Waals surface area contributed by atoms with Crippen LogP contribution < -0.4 is 4.90 Å². The molecular formula is C14H20ClN3O. The molecule has 1 aliphatic heterocycles. The maximum Gasteiger partial charge on any atom is 0.225 e. The van der Waals surface area contributed by atoms with E-state index in [0.29, 0.717) is 17.0 Å². The second-order valence-electron chi connectivity index (χ2n) is 5.97. The summed E-state index contributed by atoms with van der Waals surface area (Å²) < 4.78 is 0. The Morgan fingerprint density at radius 2 is 1.89 bits per heavy atom. The van der Waals surface area contributed by atoms with Gasteiger partial charge < -0.3 is 10.0 Å². The summed E-state index contributed by atoms with van der Waals surface area (Å²) in [6.07, 6.45) is 9.34. The Bertz CT molecular complexity index is 421. The summed E-state index contributed by atoms with van der Waals surface area (Å²) in [5.74, 6) is 1.55. The van der Waals surface area contributed by atoms with E-state index in [1.807, 2.05) is 0 Å². The third-order valence-electron chi connectivity index (χ3n) is 4.69. The Labute approximate surface area is 118 Å². The molecular weight excluding hydrogens is 262 g/mol. The standard InChI is InChI=1S/C14H20ClN3O/c15-12-9-16-13(17-10-12)18-4-2-14(3-5-18)7-11(8-14)1-6-19/h9-11,19H,1-8H2. The zero-order valence-corrected chi connectivity index (χ0v) is 11.8. The first kappa shape index (κ1) is 13.1. The van der Waals surface area contributed by atoms with E-state index in [-0.39, 0.29) is 0 Å². The van der Waals surface area contributed by atoms with Crippen LogP contribution >= 0.6 is 11.6 Å². The van der Waals surface area contributed by atoms with E-state index in [2.05, 4.69) is 14.9 Å². The van der Waals surface area contributed by atoms with Gasteiger partial charge in [0, 0.05) is 19.7 Å². The molecule has 1 N–H and O–H groups in total. The van der Waals surface area contributed by atoms with Gasteiger partial charge in [-0.2, -0.15) is 0 Å². The van der Waals surface area contributed by atoms with Gasteiger partial charge in [0.1, 0.15) is 0 Å². The minimum atomic E-state index is 0.339. The third-order valence-corrected chi connectivity index (χ3v) is 4.89. The summed E-state index contributed by atoms with van der Waals surface area (Å²) in [5, 5.41) is 9.55. The van der Waals surface area contributed by atoms with Gasteiger partial charge >= 0.3 is 0 Å². The molecule has 1 aromatic heterocycles. The van der Waals surface area contributed by atoms with Crippen molar-refractivity contribution >= 4 is 17.5 Å². The first-order chi connectivity index (χ1) is 9.21. The van der Waals surface area contributed by atoms with Gasteiger partial charge in [-0.3, -0.25) is 0 Å². The summed E-state index contributed by atoms with van der Waals surface area (Å²) in [6, 6.07) is 0. The highest BCUT2D eigenvalue weighted by Crippen LogP contribution is 2.53. The van der Waals surface area contributed by atoms with E-state index in [9.17, 15) is 0 Å². The predicted molar refractivity (Wildman–Crippen MR) is 75.3 cm³/mol. The molecule has 0 atom stereocenters. The van der Waals surface area contributed by atoms with Gasteiger partial charge in [-0.25, -0.2) is 9.97 Å². The van der Waals surface area contributed by atoms with Crippen LogP contribution in [-0.2, 0) is 0 Å². The Balaban J connectivity index is 1.54. The predicted octanol–water partition coefficient (Wildman–Crippen LogP) is 2.51. The number of aromatic nitrogens is 2. The summed E-state index contributed by atoms with van der Waals surface area (Å²) in [4.78, 5) is 10.8. The molecule has 5 heteroatoms. The molecule has 3 rings (SSSR count). The Hall–Kier alpha value is -0.870. The minimum Gasteiger partial charge on any atom is -0.396 e. The van der Waals surface area contributed by atoms with Gasteiger partial charge in [0.25, 0.3) is 0 Å². The van der Waals surface area contributed by atoms with Crippen molar-refractivity contribution in [3.05, 3.63) is 17.4 Å². The normalized spacial score (nSPS) is 22.5. The SMILES string of the molecule is OCCC1CC2(CCN(c3ncc(Cl)cn3)CC2)C1. The topological polar surface area (TPSA) is 49.2 Å². The molecule has 1 saturated heterocycles. The summed E-state index contributed by atoms with van der Waals surface area (Å²) >= 11 is 5.81. The highest BCUT2D eigenvalue weighted by molar-refractivity contribution is 6.30. The van der Waals surface area contributed by atoms with Crippen molar-refractivity contribution in [1.82, 2.24) is 9.97 Å². The molecule has 2 fully saturated rings. The van der Waals surface area contributed by atoms with Crippen LogP contribution in [0.1, 0.15) is 32.1 Å². The summed E-state index contributed by atoms with van der Waals surface area (Å²) in [6.45, 7) is 2.41. The number of rotatable bonds is 3. The van der Waals surface area contributed by atoms with Crippen LogP contribution in [-0.4, -0.2) is 34.8 Å². The lowest BCUT2D eigenvalue weighted by molar-refractivity contribution is 0.0149. The number of halogens is 1. The van der Waals surface area contributed by atoms with E-state index in [0.717, 1.165) is 31.4 Å². The van der Waals surface area contributed by atoms with Crippen LogP contribution in [0.4, 0.5) is 5.95 Å². The van der Waals surface area contributed by atoms with Crippen molar-refractivity contribution in [1.29, 1.82) is 0 Å². The van der Waals surface area contributed by atoms with Crippen LogP contribution in [0.2, 0.25) is 5.02 Å². The lowest BCUT2D eigenvalue weighted by Crippen LogP contribution is -2.47. The van der Waals surface area contributed by atoms with Crippen LogP contribution in [0.5, 0.6) is 0 Å². The van der Waals surface area contributed by atoms with Crippen LogP contribution in [0.25, 0.3) is 0 Å². The fraction of sp³-hybridized carbons (Fsp3) is 0.714. The molecule has 1 saturated carbocycles. The first-order valence-corrected chi connectivity index (χ1v) is 7.42. The Kier molecular flexibility index (Phi) is 3.63. The van der Waals surface area contributed by atoms with Crippen molar-refractivity contribution in [3.63, 3.8) is 0 Å². The molecule has 1 aliphatic carbocycles. The average molecular weight is 282 g/mol. The molecule has 0 radical (unpaired) electrons. The average Bonchev–Trinajstić information content (AvgIpc) is 2.39. The van der Waals surface area contributed by atoms with E-state index in [4.69, 9.17) is 16.7 Å². The van der Waals surface area contributed by atoms with Gasteiger partial charge in [0.2, 0.25) is 5.95 Å². The molecule has 0 unspecified atom stereocenters. The zero-order valence-electron chi connectivity index (χ0n) is 11.1. The fourth-order valence-electron chi connectivity index (χ4n) is 3.61. The minimum absolute atomic E-state index is 0.339. The maximum atomic E-state index is 8.97. The monoisotopic (exact) mass is 281 g/mol. The van der Waals surface area contributed by atoms with E-state index < -0.39 is 0 Å². The molecule has 2 aliphatic rings. The lowest BCUT2D eigenvalue weighted by atomic mass is 9.57. The molecule has 0 amide bonds. The molecule has 4 nitrogen and oxygen atoms in total. The van der Waals surface area contributed by atoms with Crippen LogP contribution in [0.3, 0.4) is 0 Å². The van der Waals surface area contributed by atoms with E-state index in [1.165, 1.54) is 25.7 Å². The third kappa shape index (κ3) is 2.70. The van der Waals surface area contributed by atoms with Crippen molar-refractivity contribution in [3.8, 4) is 0 Å². The van der Waals surface area contributed by atoms with Crippen molar-refractivity contribution in [2.75, 3.05) is 24.6 Å². The summed E-state index contributed by atoms with van der Waals surface area (Å²) in [5.41, 5.74) is 0.544. The van der Waals surface area contributed by atoms with Gasteiger partial charge in [-0.15, -0.1) is 0 Å². The molecule has 1 spiro atoms. The van der Waals surface area contributed by atoms with Crippen molar-refractivity contribution in [2.45, 2.75) is 32.1 Å². The molecule has 0 aromatic carbocycles. The van der Waals surface area contributed by atoms with E-state index >= 15 is 0 Å². The smallest absolute Gasteiger partial charge is 0.225 e. The highest BCUT2D eigenvalue weighted by Gasteiger charge is 2.45. The van der Waals surface area contributed by atoms with Gasteiger partial charge in [0.05, 0.1) is 17.4 Å². The number of anilines is 1. The number of aliphatic hydroxyl groups excluding tert-OH is 1. The lowest BCUT2D eigenvalue weighted by Gasteiger charge is -2.52. The quantitative estimate of drug-likeness (QED) is 0.925. The second kappa shape index (κ2) is 5.25. The van der Waals surface area contributed by atoms with Gasteiger partial charge in [-0.05, 0) is 43.4 Å². The number of nitrogens with zero attached hydrogens (tertiary/aromatic N) is 3. The van der Waals surface area contributed by atoms with Crippen LogP contribution in [0, 0.1) is 11.3 Å². The highest BCUT2D eigenvalue weighted by atomic mass is 35.5. The van der Waals surface area contributed by atoms with E-state index in [1.54, 1.807) is 12.4 Å². The molecule has 1 aromatic rings. The van der Waals surface area contributed by atoms with Crippen molar-refractivity contribution in [2.24, 2.45) is 11.3 Å². The first-order valence-electron chi connectivity index (χ1n) is 7.04. The molecule has 104 valence electrons. The fourth-order valence-corrected chi connectivity index (χ4v) is 3.71. The number of piperidine rings is 1. The zero-order chi connectivity index (χ0) is 13.3. The molecule has 19 heavy (non-hydrogen) atoms. The van der Waals surface area contributed by atoms with Gasteiger partial charge in [-0.1, -0.05) is 11.6 Å². The molecule has 0 bridgehead atoms. The number of aliphatic hydroxyl groups is 1. The van der Waals surface area contributed by atoms with Crippen LogP contribution in [0.15, 0.2) is 12.4 Å². The Morgan fingerprint density at radius 3 is 2.47 bits per heavy atom. The molecule has 2 heterocycles. The summed E-state index contributed by atoms with van der Waals surface area (Å²) in [7, 11) is 0. The number of hydrogen-bond acceptors (Lipinski definition) is 4. The largest absolute Gasteiger partial charge is 0.396 e. The second-order valence-corrected chi connectivity index (χ2v) is 6.41. The number of hydrogen-bond donors (Lipinski definition) is 1. The van der Waals surface area contributed by atoms with Gasteiger partial charge in [0.15, 0.2) is 0 Å². The maximum absolute atomic E-state index is 8.97. The Morgan fingerprint density at radius 1 is 1.26 bits per heavy atom. The van der Waals surface area contributed by atoms with Crippen molar-refractivity contribution < 1.29 is 5.11 Å².